The van der Waals surface area contributed by atoms with E-state index in [0.29, 0.717) is 6.61 Å². The molecule has 0 aromatic rings. The van der Waals surface area contributed by atoms with E-state index in [1.165, 1.54) is 44.9 Å². The van der Waals surface area contributed by atoms with Gasteiger partial charge >= 0.3 is 0 Å². The van der Waals surface area contributed by atoms with Crippen LogP contribution in [0.5, 0.6) is 0 Å². The molecule has 0 aromatic heterocycles. The number of aliphatic hydroxyl groups is 7. The molecule has 0 aromatic carbocycles. The van der Waals surface area contributed by atoms with Gasteiger partial charge in [-0.05, 0) is 6.42 Å². The van der Waals surface area contributed by atoms with Gasteiger partial charge in [-0.1, -0.05) is 64.7 Å². The van der Waals surface area contributed by atoms with Crippen molar-refractivity contribution in [2.24, 2.45) is 0 Å². The molecule has 2 aliphatic rings. The molecule has 11 nitrogen and oxygen atoms in total. The zero-order chi connectivity index (χ0) is 25.8. The highest BCUT2D eigenvalue weighted by Crippen LogP contribution is 2.29. The fourth-order valence-electron chi connectivity index (χ4n) is 4.48. The molecule has 208 valence electrons. The second-order valence-corrected chi connectivity index (χ2v) is 9.56. The summed E-state index contributed by atoms with van der Waals surface area (Å²) in [5.41, 5.74) is 0. The molecule has 35 heavy (non-hydrogen) atoms. The lowest BCUT2D eigenvalue weighted by Crippen LogP contribution is -2.64. The molecular formula is C24H46O11. The Bertz CT molecular complexity index is 550. The van der Waals surface area contributed by atoms with Crippen LogP contribution in [-0.4, -0.2) is 117 Å². The van der Waals surface area contributed by atoms with Crippen LogP contribution in [0.4, 0.5) is 0 Å². The lowest BCUT2D eigenvalue weighted by Gasteiger charge is -2.45. The minimum atomic E-state index is -1.69. The lowest BCUT2D eigenvalue weighted by molar-refractivity contribution is -0.359. The highest BCUT2D eigenvalue weighted by Gasteiger charge is 2.50. The SMILES string of the molecule is CCCCCCCCCCCCO[C@@H]1OC(CO)[C@H](O[C@@H]2OC(CO)[C@H](O)[C@H](O)C2O)[C@H](O)C1O. The van der Waals surface area contributed by atoms with Crippen LogP contribution >= 0.6 is 0 Å². The van der Waals surface area contributed by atoms with Crippen LogP contribution in [0.15, 0.2) is 0 Å². The Morgan fingerprint density at radius 2 is 1.09 bits per heavy atom. The Morgan fingerprint density at radius 3 is 1.66 bits per heavy atom. The second kappa shape index (κ2) is 16.4. The summed E-state index contributed by atoms with van der Waals surface area (Å²) in [6.07, 6.45) is -2.63. The van der Waals surface area contributed by atoms with E-state index < -0.39 is 74.6 Å². The molecular weight excluding hydrogens is 464 g/mol. The number of hydrogen-bond donors (Lipinski definition) is 7. The van der Waals surface area contributed by atoms with E-state index >= 15 is 0 Å². The number of rotatable bonds is 16. The maximum absolute atomic E-state index is 10.6. The first-order valence-electron chi connectivity index (χ1n) is 13.1. The Hall–Kier alpha value is -0.440. The van der Waals surface area contributed by atoms with Crippen molar-refractivity contribution in [2.45, 2.75) is 133 Å². The standard InChI is InChI=1S/C24H46O11/c1-2-3-4-5-6-7-8-9-10-11-12-32-23-21(31)19(29)22(16(14-26)34-23)35-24-20(30)18(28)17(27)15(13-25)33-24/h15-31H,2-14H2,1H3/t15?,16?,17-,18-,19+,20?,21?,22-,23+,24-/m0/s1. The molecule has 0 spiro atoms. The van der Waals surface area contributed by atoms with E-state index in [9.17, 15) is 35.7 Å². The molecule has 2 fully saturated rings. The second-order valence-electron chi connectivity index (χ2n) is 9.56. The molecule has 0 bridgehead atoms. The smallest absolute Gasteiger partial charge is 0.187 e. The van der Waals surface area contributed by atoms with Gasteiger partial charge in [0.2, 0.25) is 0 Å². The van der Waals surface area contributed by atoms with Gasteiger partial charge in [-0.15, -0.1) is 0 Å². The predicted octanol–water partition coefficient (Wildman–Crippen LogP) is -0.452. The summed E-state index contributed by atoms with van der Waals surface area (Å²) in [5, 5.41) is 70.1. The third-order valence-electron chi connectivity index (χ3n) is 6.74. The van der Waals surface area contributed by atoms with Crippen LogP contribution in [0.3, 0.4) is 0 Å². The monoisotopic (exact) mass is 510 g/mol. The van der Waals surface area contributed by atoms with Gasteiger partial charge in [0.1, 0.15) is 48.8 Å². The quantitative estimate of drug-likeness (QED) is 0.134. The molecule has 2 saturated heterocycles. The van der Waals surface area contributed by atoms with Gasteiger partial charge in [-0.25, -0.2) is 0 Å². The van der Waals surface area contributed by atoms with Crippen molar-refractivity contribution in [1.29, 1.82) is 0 Å². The van der Waals surface area contributed by atoms with Crippen LogP contribution < -0.4 is 0 Å². The minimum absolute atomic E-state index is 0.321. The first-order chi connectivity index (χ1) is 16.8. The fraction of sp³-hybridized carbons (Fsp3) is 1.00. The normalized spacial score (nSPS) is 38.1. The summed E-state index contributed by atoms with van der Waals surface area (Å²) in [7, 11) is 0. The van der Waals surface area contributed by atoms with Gasteiger partial charge in [0.15, 0.2) is 12.6 Å². The topological polar surface area (TPSA) is 179 Å². The molecule has 11 heteroatoms. The van der Waals surface area contributed by atoms with Gasteiger partial charge < -0.3 is 54.7 Å². The largest absolute Gasteiger partial charge is 0.394 e. The van der Waals surface area contributed by atoms with E-state index in [0.717, 1.165) is 19.3 Å². The summed E-state index contributed by atoms with van der Waals surface area (Å²) in [6, 6.07) is 0. The Kier molecular flexibility index (Phi) is 14.4. The van der Waals surface area contributed by atoms with Gasteiger partial charge in [0.25, 0.3) is 0 Å². The van der Waals surface area contributed by atoms with Gasteiger partial charge in [0.05, 0.1) is 13.2 Å². The summed E-state index contributed by atoms with van der Waals surface area (Å²) in [4.78, 5) is 0. The lowest BCUT2D eigenvalue weighted by atomic mass is 9.97. The van der Waals surface area contributed by atoms with Crippen LogP contribution in [0.2, 0.25) is 0 Å². The van der Waals surface area contributed by atoms with Crippen molar-refractivity contribution in [3.63, 3.8) is 0 Å². The van der Waals surface area contributed by atoms with Crippen molar-refractivity contribution in [2.75, 3.05) is 19.8 Å². The summed E-state index contributed by atoms with van der Waals surface area (Å²) in [5.74, 6) is 0. The van der Waals surface area contributed by atoms with E-state index in [1.807, 2.05) is 0 Å². The molecule has 7 N–H and O–H groups in total. The number of unbranched alkanes of at least 4 members (excludes halogenated alkanes) is 9. The number of hydrogen-bond acceptors (Lipinski definition) is 11. The Morgan fingerprint density at radius 1 is 0.571 bits per heavy atom. The molecule has 4 unspecified atom stereocenters. The maximum Gasteiger partial charge on any atom is 0.187 e. The molecule has 10 atom stereocenters. The highest BCUT2D eigenvalue weighted by molar-refractivity contribution is 4.94. The van der Waals surface area contributed by atoms with Gasteiger partial charge in [-0.3, -0.25) is 0 Å². The van der Waals surface area contributed by atoms with Crippen molar-refractivity contribution >= 4 is 0 Å². The van der Waals surface area contributed by atoms with Crippen LogP contribution in [0, 0.1) is 0 Å². The zero-order valence-corrected chi connectivity index (χ0v) is 20.7. The molecule has 2 rings (SSSR count). The summed E-state index contributed by atoms with van der Waals surface area (Å²) in [6.45, 7) is 1.31. The van der Waals surface area contributed by atoms with Crippen LogP contribution in [0.1, 0.15) is 71.1 Å². The molecule has 0 radical (unpaired) electrons. The van der Waals surface area contributed by atoms with Gasteiger partial charge in [-0.2, -0.15) is 0 Å². The highest BCUT2D eigenvalue weighted by atomic mass is 16.7. The zero-order valence-electron chi connectivity index (χ0n) is 20.7. The summed E-state index contributed by atoms with van der Waals surface area (Å²) >= 11 is 0. The fourth-order valence-corrected chi connectivity index (χ4v) is 4.48. The first kappa shape index (κ1) is 30.8. The van der Waals surface area contributed by atoms with Crippen molar-refractivity contribution in [3.8, 4) is 0 Å². The first-order valence-corrected chi connectivity index (χ1v) is 13.1. The average Bonchev–Trinajstić information content (AvgIpc) is 2.86. The average molecular weight is 511 g/mol. The van der Waals surface area contributed by atoms with E-state index in [2.05, 4.69) is 6.92 Å². The molecule has 0 aliphatic carbocycles. The minimum Gasteiger partial charge on any atom is -0.394 e. The third-order valence-corrected chi connectivity index (χ3v) is 6.74. The Balaban J connectivity index is 1.74. The molecule has 2 aliphatic heterocycles. The van der Waals surface area contributed by atoms with E-state index in [4.69, 9.17) is 18.9 Å². The molecule has 2 heterocycles. The molecule has 0 amide bonds. The van der Waals surface area contributed by atoms with Crippen molar-refractivity contribution in [3.05, 3.63) is 0 Å². The third kappa shape index (κ3) is 9.11. The van der Waals surface area contributed by atoms with Crippen LogP contribution in [0.25, 0.3) is 0 Å². The van der Waals surface area contributed by atoms with Crippen LogP contribution in [-0.2, 0) is 18.9 Å². The van der Waals surface area contributed by atoms with Crippen molar-refractivity contribution in [1.82, 2.24) is 0 Å². The predicted molar refractivity (Wildman–Crippen MR) is 124 cm³/mol. The summed E-state index contributed by atoms with van der Waals surface area (Å²) < 4.78 is 22.0. The van der Waals surface area contributed by atoms with Crippen molar-refractivity contribution < 1.29 is 54.7 Å². The molecule has 0 saturated carbocycles. The van der Waals surface area contributed by atoms with E-state index in [1.54, 1.807) is 0 Å². The number of aliphatic hydroxyl groups excluding tert-OH is 7. The van der Waals surface area contributed by atoms with Gasteiger partial charge in [0, 0.05) is 6.61 Å². The number of ether oxygens (including phenoxy) is 4. The maximum atomic E-state index is 10.6. The Labute approximate surface area is 207 Å². The van der Waals surface area contributed by atoms with E-state index in [-0.39, 0.29) is 0 Å².